The number of anilines is 2. The van der Waals surface area contributed by atoms with Gasteiger partial charge in [0.2, 0.25) is 5.95 Å². The molecular formula is C12H21FN4O. The van der Waals surface area contributed by atoms with Gasteiger partial charge in [0.25, 0.3) is 0 Å². The molecule has 0 aromatic carbocycles. The fourth-order valence-electron chi connectivity index (χ4n) is 1.60. The van der Waals surface area contributed by atoms with E-state index in [4.69, 9.17) is 0 Å². The van der Waals surface area contributed by atoms with Crippen LogP contribution in [0.4, 0.5) is 16.2 Å². The summed E-state index contributed by atoms with van der Waals surface area (Å²) in [6.07, 6.45) is 2.08. The van der Waals surface area contributed by atoms with Gasteiger partial charge in [0, 0.05) is 20.1 Å². The van der Waals surface area contributed by atoms with Crippen molar-refractivity contribution in [2.24, 2.45) is 0 Å². The van der Waals surface area contributed by atoms with Crippen LogP contribution in [0.2, 0.25) is 0 Å². The molecule has 0 aliphatic carbocycles. The lowest BCUT2D eigenvalue weighted by Crippen LogP contribution is -2.37. The molecule has 0 amide bonds. The second-order valence-electron chi connectivity index (χ2n) is 4.96. The molecule has 0 atom stereocenters. The number of aliphatic hydroxyl groups is 1. The van der Waals surface area contributed by atoms with Crippen molar-refractivity contribution in [1.82, 2.24) is 9.97 Å². The first-order valence-electron chi connectivity index (χ1n) is 6.03. The number of aromatic nitrogens is 2. The van der Waals surface area contributed by atoms with Crippen LogP contribution in [0.3, 0.4) is 0 Å². The molecule has 0 saturated heterocycles. The summed E-state index contributed by atoms with van der Waals surface area (Å²) in [7, 11) is 1.69. The van der Waals surface area contributed by atoms with E-state index in [1.54, 1.807) is 25.8 Å². The van der Waals surface area contributed by atoms with Gasteiger partial charge in [-0.2, -0.15) is 4.98 Å². The predicted octanol–water partition coefficient (Wildman–Crippen LogP) is 1.64. The molecule has 5 nitrogen and oxygen atoms in total. The zero-order valence-corrected chi connectivity index (χ0v) is 11.4. The van der Waals surface area contributed by atoms with Gasteiger partial charge in [-0.25, -0.2) is 9.37 Å². The third-order valence-electron chi connectivity index (χ3n) is 2.24. The minimum atomic E-state index is -0.914. The lowest BCUT2D eigenvalue weighted by molar-refractivity contribution is 0.0883. The quantitative estimate of drug-likeness (QED) is 0.810. The molecule has 1 aromatic rings. The Kier molecular flexibility index (Phi) is 4.84. The van der Waals surface area contributed by atoms with E-state index in [1.807, 2.05) is 6.92 Å². The molecule has 2 N–H and O–H groups in total. The Morgan fingerprint density at radius 2 is 2.17 bits per heavy atom. The minimum Gasteiger partial charge on any atom is -0.389 e. The van der Waals surface area contributed by atoms with Crippen LogP contribution in [-0.4, -0.2) is 40.8 Å². The molecule has 0 radical (unpaired) electrons. The lowest BCUT2D eigenvalue weighted by Gasteiger charge is -2.26. The molecule has 0 bridgehead atoms. The number of hydrogen-bond acceptors (Lipinski definition) is 5. The smallest absolute Gasteiger partial charge is 0.224 e. The van der Waals surface area contributed by atoms with E-state index in [2.05, 4.69) is 15.3 Å². The maximum atomic E-state index is 13.6. The molecule has 0 aliphatic rings. The number of halogens is 1. The van der Waals surface area contributed by atoms with Crippen LogP contribution in [0.25, 0.3) is 0 Å². The standard InChI is InChI=1S/C12H21FN4O/c1-5-6-14-11-15-7-9(13)10(16-11)17(4)8-12(2,3)18/h7,18H,5-6,8H2,1-4H3,(H,14,15,16). The van der Waals surface area contributed by atoms with Crippen molar-refractivity contribution in [3.63, 3.8) is 0 Å². The first kappa shape index (κ1) is 14.6. The van der Waals surface area contributed by atoms with Crippen molar-refractivity contribution >= 4 is 11.8 Å². The summed E-state index contributed by atoms with van der Waals surface area (Å²) in [6.45, 7) is 6.38. The van der Waals surface area contributed by atoms with E-state index in [0.29, 0.717) is 5.95 Å². The summed E-state index contributed by atoms with van der Waals surface area (Å²) in [5.74, 6) is 0.0883. The summed E-state index contributed by atoms with van der Waals surface area (Å²) < 4.78 is 13.6. The van der Waals surface area contributed by atoms with Gasteiger partial charge in [-0.1, -0.05) is 6.92 Å². The molecule has 0 spiro atoms. The first-order chi connectivity index (χ1) is 8.33. The fourth-order valence-corrected chi connectivity index (χ4v) is 1.60. The minimum absolute atomic E-state index is 0.186. The highest BCUT2D eigenvalue weighted by Crippen LogP contribution is 2.18. The number of likely N-dealkylation sites (N-methyl/N-ethyl adjacent to an activating group) is 1. The van der Waals surface area contributed by atoms with E-state index < -0.39 is 11.4 Å². The van der Waals surface area contributed by atoms with E-state index in [-0.39, 0.29) is 12.4 Å². The number of nitrogens with zero attached hydrogens (tertiary/aromatic N) is 3. The Hall–Kier alpha value is -1.43. The highest BCUT2D eigenvalue weighted by Gasteiger charge is 2.19. The van der Waals surface area contributed by atoms with Crippen molar-refractivity contribution < 1.29 is 9.50 Å². The number of rotatable bonds is 6. The highest BCUT2D eigenvalue weighted by atomic mass is 19.1. The van der Waals surface area contributed by atoms with Crippen LogP contribution in [0.5, 0.6) is 0 Å². The molecule has 1 rings (SSSR count). The van der Waals surface area contributed by atoms with Gasteiger partial charge in [-0.05, 0) is 20.3 Å². The van der Waals surface area contributed by atoms with Gasteiger partial charge < -0.3 is 15.3 Å². The van der Waals surface area contributed by atoms with Gasteiger partial charge >= 0.3 is 0 Å². The molecule has 1 aromatic heterocycles. The monoisotopic (exact) mass is 256 g/mol. The van der Waals surface area contributed by atoms with Gasteiger partial charge in [0.1, 0.15) is 0 Å². The zero-order chi connectivity index (χ0) is 13.8. The predicted molar refractivity (Wildman–Crippen MR) is 70.3 cm³/mol. The van der Waals surface area contributed by atoms with Crippen LogP contribution in [0.15, 0.2) is 6.20 Å². The van der Waals surface area contributed by atoms with Gasteiger partial charge in [0.05, 0.1) is 11.8 Å². The molecule has 0 fully saturated rings. The van der Waals surface area contributed by atoms with Crippen molar-refractivity contribution in [2.45, 2.75) is 32.8 Å². The van der Waals surface area contributed by atoms with E-state index in [1.165, 1.54) is 0 Å². The van der Waals surface area contributed by atoms with Crippen LogP contribution in [-0.2, 0) is 0 Å². The topological polar surface area (TPSA) is 61.3 Å². The van der Waals surface area contributed by atoms with E-state index in [9.17, 15) is 9.50 Å². The summed E-state index contributed by atoms with van der Waals surface area (Å²) in [4.78, 5) is 9.56. The molecule has 6 heteroatoms. The molecule has 0 saturated carbocycles. The Balaban J connectivity index is 2.86. The normalized spacial score (nSPS) is 11.4. The second kappa shape index (κ2) is 5.95. The maximum Gasteiger partial charge on any atom is 0.224 e. The number of nitrogens with one attached hydrogen (secondary N) is 1. The summed E-state index contributed by atoms with van der Waals surface area (Å²) in [6, 6.07) is 0. The summed E-state index contributed by atoms with van der Waals surface area (Å²) >= 11 is 0. The van der Waals surface area contributed by atoms with Gasteiger partial charge in [0.15, 0.2) is 11.6 Å². The Labute approximate surface area is 107 Å². The van der Waals surface area contributed by atoms with E-state index in [0.717, 1.165) is 19.2 Å². The Morgan fingerprint density at radius 3 is 2.72 bits per heavy atom. The van der Waals surface area contributed by atoms with Crippen LogP contribution in [0.1, 0.15) is 27.2 Å². The fraction of sp³-hybridized carbons (Fsp3) is 0.667. The lowest BCUT2D eigenvalue weighted by atomic mass is 10.1. The maximum absolute atomic E-state index is 13.6. The van der Waals surface area contributed by atoms with Gasteiger partial charge in [-0.3, -0.25) is 0 Å². The molecule has 102 valence electrons. The average Bonchev–Trinajstić information content (AvgIpc) is 2.25. The first-order valence-corrected chi connectivity index (χ1v) is 6.03. The SMILES string of the molecule is CCCNc1ncc(F)c(N(C)CC(C)(C)O)n1. The third-order valence-corrected chi connectivity index (χ3v) is 2.24. The zero-order valence-electron chi connectivity index (χ0n) is 11.4. The molecule has 0 unspecified atom stereocenters. The van der Waals surface area contributed by atoms with Crippen molar-refractivity contribution in [2.75, 3.05) is 30.4 Å². The average molecular weight is 256 g/mol. The highest BCUT2D eigenvalue weighted by molar-refractivity contribution is 5.43. The summed E-state index contributed by atoms with van der Waals surface area (Å²) in [5.41, 5.74) is -0.914. The van der Waals surface area contributed by atoms with Crippen LogP contribution in [0, 0.1) is 5.82 Å². The molecular weight excluding hydrogens is 235 g/mol. The van der Waals surface area contributed by atoms with Crippen molar-refractivity contribution in [3.05, 3.63) is 12.0 Å². The number of hydrogen-bond donors (Lipinski definition) is 2. The van der Waals surface area contributed by atoms with Gasteiger partial charge in [-0.15, -0.1) is 0 Å². The second-order valence-corrected chi connectivity index (χ2v) is 4.96. The van der Waals surface area contributed by atoms with Crippen LogP contribution >= 0.6 is 0 Å². The largest absolute Gasteiger partial charge is 0.389 e. The molecule has 0 aliphatic heterocycles. The summed E-state index contributed by atoms with van der Waals surface area (Å²) in [5, 5.41) is 12.7. The van der Waals surface area contributed by atoms with Crippen LogP contribution < -0.4 is 10.2 Å². The van der Waals surface area contributed by atoms with Crippen molar-refractivity contribution in [3.8, 4) is 0 Å². The van der Waals surface area contributed by atoms with Crippen molar-refractivity contribution in [1.29, 1.82) is 0 Å². The van der Waals surface area contributed by atoms with E-state index >= 15 is 0 Å². The Bertz CT molecular complexity index is 392. The Morgan fingerprint density at radius 1 is 1.50 bits per heavy atom. The molecule has 18 heavy (non-hydrogen) atoms. The molecule has 1 heterocycles. The third kappa shape index (κ3) is 4.44.